The number of nitrogens with zero attached hydrogens (tertiary/aromatic N) is 5. The Bertz CT molecular complexity index is 1700. The van der Waals surface area contributed by atoms with Gasteiger partial charge in [-0.25, -0.2) is 8.78 Å². The standard InChI is InChI=1S/C33H34F2N6O/c1-2-21-8-5-9-22-10-6-12-25(27(21)22)29-28(35)30-26(17-37-29)31(40-14-4-3-11-24(36)19-40)39-32(38-30)42-20-33-13-7-15-41(33)18-23(34)16-33/h1,5-6,8-10,12,17,23-24H,3-4,7,11,13-16,18-20,36H2/t23-,24-,33+/m1/s1. The molecule has 0 amide bonds. The Kier molecular flexibility index (Phi) is 6.91. The average molecular weight is 569 g/mol. The summed E-state index contributed by atoms with van der Waals surface area (Å²) in [6.45, 7) is 2.86. The van der Waals surface area contributed by atoms with Crippen molar-refractivity contribution in [2.45, 2.75) is 56.3 Å². The van der Waals surface area contributed by atoms with Gasteiger partial charge >= 0.3 is 6.01 Å². The van der Waals surface area contributed by atoms with Crippen molar-refractivity contribution in [3.63, 3.8) is 0 Å². The van der Waals surface area contributed by atoms with Gasteiger partial charge in [0.2, 0.25) is 0 Å². The first-order valence-electron chi connectivity index (χ1n) is 14.8. The van der Waals surface area contributed by atoms with Gasteiger partial charge in [0.25, 0.3) is 0 Å². The molecule has 9 heteroatoms. The van der Waals surface area contributed by atoms with Crippen molar-refractivity contribution >= 4 is 27.5 Å². The predicted octanol–water partition coefficient (Wildman–Crippen LogP) is 5.24. The zero-order valence-electron chi connectivity index (χ0n) is 23.5. The lowest BCUT2D eigenvalue weighted by Gasteiger charge is -2.31. The lowest BCUT2D eigenvalue weighted by atomic mass is 9.95. The van der Waals surface area contributed by atoms with Gasteiger partial charge in [0, 0.05) is 54.8 Å². The molecule has 42 heavy (non-hydrogen) atoms. The summed E-state index contributed by atoms with van der Waals surface area (Å²) in [5.74, 6) is 2.72. The van der Waals surface area contributed by atoms with Gasteiger partial charge in [0.05, 0.1) is 10.9 Å². The molecular formula is C33H34F2N6O. The van der Waals surface area contributed by atoms with E-state index in [-0.39, 0.29) is 35.4 Å². The van der Waals surface area contributed by atoms with Crippen LogP contribution in [0.25, 0.3) is 32.9 Å². The molecule has 0 spiro atoms. The number of rotatable bonds is 5. The molecule has 2 aromatic heterocycles. The topological polar surface area (TPSA) is 80.4 Å². The second kappa shape index (κ2) is 10.8. The minimum Gasteiger partial charge on any atom is -0.461 e. The highest BCUT2D eigenvalue weighted by Gasteiger charge is 2.49. The molecule has 0 bridgehead atoms. The van der Waals surface area contributed by atoms with Gasteiger partial charge in [-0.3, -0.25) is 9.88 Å². The summed E-state index contributed by atoms with van der Waals surface area (Å²) in [4.78, 5) is 18.3. The zero-order valence-corrected chi connectivity index (χ0v) is 23.5. The SMILES string of the molecule is C#Cc1cccc2cccc(-c3ncc4c(N5CCCC[C@@H](N)C5)nc(OC[C@@]56CCCN5C[C@H](F)C6)nc4c3F)c12. The van der Waals surface area contributed by atoms with Crippen LogP contribution in [0.5, 0.6) is 6.01 Å². The highest BCUT2D eigenvalue weighted by molar-refractivity contribution is 6.02. The van der Waals surface area contributed by atoms with Crippen molar-refractivity contribution in [1.82, 2.24) is 19.9 Å². The molecule has 0 aliphatic carbocycles. The first-order chi connectivity index (χ1) is 20.5. The maximum atomic E-state index is 16.6. The number of terminal acetylenes is 1. The fourth-order valence-electron chi connectivity index (χ4n) is 7.19. The molecule has 7 nitrogen and oxygen atoms in total. The molecule has 3 atom stereocenters. The summed E-state index contributed by atoms with van der Waals surface area (Å²) >= 11 is 0. The van der Waals surface area contributed by atoms with Crippen LogP contribution in [0.1, 0.15) is 44.1 Å². The fraction of sp³-hybridized carbons (Fsp3) is 0.424. The number of halogens is 2. The number of benzene rings is 2. The second-order valence-electron chi connectivity index (χ2n) is 11.9. The Morgan fingerprint density at radius 2 is 1.95 bits per heavy atom. The molecule has 7 rings (SSSR count). The lowest BCUT2D eigenvalue weighted by Crippen LogP contribution is -2.43. The third-order valence-electron chi connectivity index (χ3n) is 9.20. The van der Waals surface area contributed by atoms with Crippen LogP contribution in [0.15, 0.2) is 42.6 Å². The van der Waals surface area contributed by atoms with Crippen molar-refractivity contribution in [3.8, 4) is 29.6 Å². The molecule has 216 valence electrons. The van der Waals surface area contributed by atoms with Gasteiger partial charge in [-0.15, -0.1) is 6.42 Å². The third-order valence-corrected chi connectivity index (χ3v) is 9.20. The van der Waals surface area contributed by atoms with E-state index in [2.05, 4.69) is 25.7 Å². The van der Waals surface area contributed by atoms with Gasteiger partial charge in [0.1, 0.15) is 29.8 Å². The average Bonchev–Trinajstić information content (AvgIpc) is 3.43. The lowest BCUT2D eigenvalue weighted by molar-refractivity contribution is 0.107. The maximum absolute atomic E-state index is 16.6. The summed E-state index contributed by atoms with van der Waals surface area (Å²) in [5.41, 5.74) is 7.58. The van der Waals surface area contributed by atoms with Gasteiger partial charge in [0.15, 0.2) is 5.82 Å². The quantitative estimate of drug-likeness (QED) is 0.330. The molecule has 5 heterocycles. The van der Waals surface area contributed by atoms with Crippen molar-refractivity contribution in [2.24, 2.45) is 5.73 Å². The molecule has 0 radical (unpaired) electrons. The minimum atomic E-state index is -0.875. The van der Waals surface area contributed by atoms with Crippen LogP contribution in [0, 0.1) is 18.2 Å². The van der Waals surface area contributed by atoms with Crippen LogP contribution in [-0.2, 0) is 0 Å². The van der Waals surface area contributed by atoms with Gasteiger partial charge in [-0.1, -0.05) is 42.7 Å². The van der Waals surface area contributed by atoms with E-state index in [1.807, 2.05) is 36.4 Å². The smallest absolute Gasteiger partial charge is 0.319 e. The Morgan fingerprint density at radius 1 is 1.10 bits per heavy atom. The monoisotopic (exact) mass is 568 g/mol. The van der Waals surface area contributed by atoms with Gasteiger partial charge in [-0.05, 0) is 43.7 Å². The van der Waals surface area contributed by atoms with Crippen molar-refractivity contribution < 1.29 is 13.5 Å². The van der Waals surface area contributed by atoms with Crippen LogP contribution in [0.4, 0.5) is 14.6 Å². The Balaban J connectivity index is 1.36. The van der Waals surface area contributed by atoms with Crippen LogP contribution < -0.4 is 15.4 Å². The summed E-state index contributed by atoms with van der Waals surface area (Å²) in [6, 6.07) is 11.4. The highest BCUT2D eigenvalue weighted by atomic mass is 19.1. The Labute approximate surface area is 244 Å². The summed E-state index contributed by atoms with van der Waals surface area (Å²) in [5, 5.41) is 2.17. The molecule has 3 aliphatic heterocycles. The largest absolute Gasteiger partial charge is 0.461 e. The third kappa shape index (κ3) is 4.63. The maximum Gasteiger partial charge on any atom is 0.319 e. The molecule has 3 fully saturated rings. The molecule has 0 saturated carbocycles. The molecule has 3 aliphatic rings. The number of nitrogens with two attached hydrogens (primary N) is 1. The Morgan fingerprint density at radius 3 is 2.81 bits per heavy atom. The number of pyridine rings is 1. The van der Waals surface area contributed by atoms with Crippen molar-refractivity contribution in [2.75, 3.05) is 37.7 Å². The highest BCUT2D eigenvalue weighted by Crippen LogP contribution is 2.41. The number of fused-ring (bicyclic) bond motifs is 3. The van der Waals surface area contributed by atoms with E-state index in [0.717, 1.165) is 56.0 Å². The molecule has 2 aromatic carbocycles. The number of hydrogen-bond acceptors (Lipinski definition) is 7. The first-order valence-corrected chi connectivity index (χ1v) is 14.8. The van der Waals surface area contributed by atoms with Crippen molar-refractivity contribution in [1.29, 1.82) is 0 Å². The van der Waals surface area contributed by atoms with Crippen LogP contribution >= 0.6 is 0 Å². The summed E-state index contributed by atoms with van der Waals surface area (Å²) in [6.07, 6.45) is 11.8. The molecular weight excluding hydrogens is 534 g/mol. The normalized spacial score (nSPS) is 24.6. The van der Waals surface area contributed by atoms with Crippen LogP contribution in [-0.4, -0.2) is 70.4 Å². The molecule has 4 aromatic rings. The Hall–Kier alpha value is -3.87. The van der Waals surface area contributed by atoms with E-state index in [1.54, 1.807) is 6.20 Å². The molecule has 0 unspecified atom stereocenters. The predicted molar refractivity (Wildman–Crippen MR) is 161 cm³/mol. The number of alkyl halides is 1. The number of ether oxygens (including phenoxy) is 1. The van der Waals surface area contributed by atoms with Crippen LogP contribution in [0.3, 0.4) is 0 Å². The number of aromatic nitrogens is 3. The van der Waals surface area contributed by atoms with E-state index in [1.165, 1.54) is 0 Å². The summed E-state index contributed by atoms with van der Waals surface area (Å²) < 4.78 is 37.3. The van der Waals surface area contributed by atoms with E-state index in [9.17, 15) is 4.39 Å². The van der Waals surface area contributed by atoms with E-state index in [0.29, 0.717) is 41.8 Å². The van der Waals surface area contributed by atoms with E-state index in [4.69, 9.17) is 21.9 Å². The fourth-order valence-corrected chi connectivity index (χ4v) is 7.19. The first kappa shape index (κ1) is 27.0. The van der Waals surface area contributed by atoms with Crippen LogP contribution in [0.2, 0.25) is 0 Å². The number of hydrogen-bond donors (Lipinski definition) is 1. The van der Waals surface area contributed by atoms with E-state index < -0.39 is 12.0 Å². The number of anilines is 1. The second-order valence-corrected chi connectivity index (χ2v) is 11.9. The summed E-state index contributed by atoms with van der Waals surface area (Å²) in [7, 11) is 0. The zero-order chi connectivity index (χ0) is 28.8. The van der Waals surface area contributed by atoms with E-state index >= 15 is 4.39 Å². The molecule has 2 N–H and O–H groups in total. The van der Waals surface area contributed by atoms with Gasteiger partial charge in [-0.2, -0.15) is 9.97 Å². The van der Waals surface area contributed by atoms with Crippen molar-refractivity contribution in [3.05, 3.63) is 54.0 Å². The molecule has 3 saturated heterocycles. The minimum absolute atomic E-state index is 0.0252. The van der Waals surface area contributed by atoms with Gasteiger partial charge < -0.3 is 15.4 Å².